The van der Waals surface area contributed by atoms with Crippen LogP contribution in [0.5, 0.6) is 11.5 Å². The summed E-state index contributed by atoms with van der Waals surface area (Å²) in [4.78, 5) is 1.92. The van der Waals surface area contributed by atoms with Crippen LogP contribution < -0.4 is 9.47 Å². The van der Waals surface area contributed by atoms with Crippen molar-refractivity contribution in [2.75, 3.05) is 14.2 Å². The minimum atomic E-state index is -0.721. The molecule has 0 fully saturated rings. The Labute approximate surface area is 183 Å². The number of nitrogens with zero attached hydrogens (tertiary/aromatic N) is 3. The molecule has 0 aliphatic heterocycles. The summed E-state index contributed by atoms with van der Waals surface area (Å²) < 4.78 is 11.1. The van der Waals surface area contributed by atoms with Crippen molar-refractivity contribution in [3.63, 3.8) is 0 Å². The molecule has 31 heavy (non-hydrogen) atoms. The monoisotopic (exact) mass is 411 g/mol. The highest BCUT2D eigenvalue weighted by atomic mass is 16.5. The highest BCUT2D eigenvalue weighted by Gasteiger charge is 2.36. The number of para-hydroxylation sites is 2. The first kappa shape index (κ1) is 21.9. The van der Waals surface area contributed by atoms with Gasteiger partial charge in [0, 0.05) is 17.2 Å². The second kappa shape index (κ2) is 10.3. The van der Waals surface area contributed by atoms with Gasteiger partial charge in [-0.2, -0.15) is 10.5 Å². The minimum Gasteiger partial charge on any atom is -0.496 e. The van der Waals surface area contributed by atoms with Crippen LogP contribution in [0.4, 0.5) is 0 Å². The smallest absolute Gasteiger partial charge is 0.129 e. The fourth-order valence-electron chi connectivity index (χ4n) is 3.88. The zero-order valence-electron chi connectivity index (χ0n) is 17.9. The summed E-state index contributed by atoms with van der Waals surface area (Å²) in [5.41, 5.74) is 2.43. The summed E-state index contributed by atoms with van der Waals surface area (Å²) in [6.45, 7) is 2.01. The Bertz CT molecular complexity index is 1020. The normalized spacial score (nSPS) is 13.5. The van der Waals surface area contributed by atoms with Gasteiger partial charge in [-0.15, -0.1) is 0 Å². The summed E-state index contributed by atoms with van der Waals surface area (Å²) in [6.07, 6.45) is 0. The molecule has 0 aliphatic carbocycles. The number of rotatable bonds is 8. The van der Waals surface area contributed by atoms with Crippen LogP contribution in [0.3, 0.4) is 0 Å². The first-order valence-corrected chi connectivity index (χ1v) is 10.0. The first-order chi connectivity index (χ1) is 15.2. The molecule has 0 amide bonds. The SMILES string of the molecule is COc1ccccc1[C@@H](C#N)N([C@@H](C)c1ccccc1)[C@@H](C#N)c1ccccc1OC. The Morgan fingerprint density at radius 2 is 1.10 bits per heavy atom. The lowest BCUT2D eigenvalue weighted by Gasteiger charge is -2.37. The molecule has 3 aromatic rings. The van der Waals surface area contributed by atoms with Crippen molar-refractivity contribution in [1.29, 1.82) is 10.5 Å². The molecular formula is C26H25N3O2. The predicted octanol–water partition coefficient (Wildman–Crippen LogP) is 5.60. The van der Waals surface area contributed by atoms with Gasteiger partial charge >= 0.3 is 0 Å². The lowest BCUT2D eigenvalue weighted by molar-refractivity contribution is 0.138. The zero-order valence-corrected chi connectivity index (χ0v) is 17.9. The third kappa shape index (κ3) is 4.53. The highest BCUT2D eigenvalue weighted by molar-refractivity contribution is 5.43. The van der Waals surface area contributed by atoms with E-state index in [1.807, 2.05) is 90.7 Å². The van der Waals surface area contributed by atoms with Crippen LogP contribution in [-0.4, -0.2) is 19.1 Å². The molecule has 0 saturated heterocycles. The second-order valence-corrected chi connectivity index (χ2v) is 7.08. The zero-order chi connectivity index (χ0) is 22.2. The Hall–Kier alpha value is -3.80. The molecule has 0 unspecified atom stereocenters. The molecule has 0 spiro atoms. The summed E-state index contributed by atoms with van der Waals surface area (Å²) in [6, 6.07) is 27.9. The number of hydrogen-bond acceptors (Lipinski definition) is 5. The fourth-order valence-corrected chi connectivity index (χ4v) is 3.88. The van der Waals surface area contributed by atoms with Crippen LogP contribution >= 0.6 is 0 Å². The van der Waals surface area contributed by atoms with Crippen LogP contribution in [0.2, 0.25) is 0 Å². The standard InChI is InChI=1S/C26H25N3O2/c1-19(20-11-5-4-6-12-20)29(23(17-27)21-13-7-9-15-25(21)30-2)24(18-28)22-14-8-10-16-26(22)31-3/h4-16,19,23-24H,1-3H3/t19-,23-,24+/m0/s1. The second-order valence-electron chi connectivity index (χ2n) is 7.08. The van der Waals surface area contributed by atoms with Crippen molar-refractivity contribution < 1.29 is 9.47 Å². The molecule has 5 heteroatoms. The van der Waals surface area contributed by atoms with Crippen LogP contribution in [0.1, 0.15) is 41.7 Å². The van der Waals surface area contributed by atoms with Gasteiger partial charge in [-0.1, -0.05) is 66.7 Å². The van der Waals surface area contributed by atoms with E-state index in [9.17, 15) is 10.5 Å². The van der Waals surface area contributed by atoms with E-state index >= 15 is 0 Å². The number of benzene rings is 3. The van der Waals surface area contributed by atoms with Crippen LogP contribution in [-0.2, 0) is 0 Å². The van der Waals surface area contributed by atoms with E-state index in [2.05, 4.69) is 12.1 Å². The number of ether oxygens (including phenoxy) is 2. The molecular weight excluding hydrogens is 386 g/mol. The maximum atomic E-state index is 10.3. The maximum absolute atomic E-state index is 10.3. The molecule has 5 nitrogen and oxygen atoms in total. The summed E-state index contributed by atoms with van der Waals surface area (Å²) >= 11 is 0. The summed E-state index contributed by atoms with van der Waals surface area (Å²) in [5.74, 6) is 1.21. The van der Waals surface area contributed by atoms with Gasteiger partial charge in [-0.3, -0.25) is 4.90 Å². The molecule has 0 aliphatic rings. The molecule has 0 aromatic heterocycles. The van der Waals surface area contributed by atoms with Crippen molar-refractivity contribution in [3.8, 4) is 23.6 Å². The van der Waals surface area contributed by atoms with Gasteiger partial charge in [-0.05, 0) is 24.6 Å². The van der Waals surface area contributed by atoms with Gasteiger partial charge in [0.15, 0.2) is 0 Å². The van der Waals surface area contributed by atoms with Gasteiger partial charge in [0.25, 0.3) is 0 Å². The van der Waals surface area contributed by atoms with E-state index in [0.29, 0.717) is 22.6 Å². The molecule has 0 saturated carbocycles. The van der Waals surface area contributed by atoms with Crippen molar-refractivity contribution in [2.24, 2.45) is 0 Å². The van der Waals surface area contributed by atoms with E-state index in [1.165, 1.54) is 0 Å². The molecule has 3 aromatic carbocycles. The van der Waals surface area contributed by atoms with Crippen molar-refractivity contribution in [2.45, 2.75) is 25.0 Å². The van der Waals surface area contributed by atoms with Gasteiger partial charge < -0.3 is 9.47 Å². The van der Waals surface area contributed by atoms with E-state index in [4.69, 9.17) is 9.47 Å². The van der Waals surface area contributed by atoms with E-state index in [0.717, 1.165) is 5.56 Å². The molecule has 0 heterocycles. The number of hydrogen-bond donors (Lipinski definition) is 0. The Kier molecular flexibility index (Phi) is 7.27. The van der Waals surface area contributed by atoms with Crippen molar-refractivity contribution in [3.05, 3.63) is 95.6 Å². The van der Waals surface area contributed by atoms with Gasteiger partial charge in [-0.25, -0.2) is 0 Å². The average molecular weight is 412 g/mol. The topological polar surface area (TPSA) is 69.3 Å². The highest BCUT2D eigenvalue weighted by Crippen LogP contribution is 2.42. The molecule has 0 N–H and O–H groups in total. The van der Waals surface area contributed by atoms with Gasteiger partial charge in [0.05, 0.1) is 26.4 Å². The number of nitriles is 2. The van der Waals surface area contributed by atoms with E-state index in [-0.39, 0.29) is 6.04 Å². The minimum absolute atomic E-state index is 0.231. The summed E-state index contributed by atoms with van der Waals surface area (Å²) in [5, 5.41) is 20.6. The number of methoxy groups -OCH3 is 2. The van der Waals surface area contributed by atoms with Crippen molar-refractivity contribution in [1.82, 2.24) is 4.90 Å². The van der Waals surface area contributed by atoms with Crippen LogP contribution in [0.25, 0.3) is 0 Å². The molecule has 0 bridgehead atoms. The fraction of sp³-hybridized carbons (Fsp3) is 0.231. The third-order valence-corrected chi connectivity index (χ3v) is 5.44. The van der Waals surface area contributed by atoms with E-state index in [1.54, 1.807) is 14.2 Å². The molecule has 0 radical (unpaired) electrons. The van der Waals surface area contributed by atoms with Crippen LogP contribution in [0, 0.1) is 22.7 Å². The third-order valence-electron chi connectivity index (χ3n) is 5.44. The maximum Gasteiger partial charge on any atom is 0.129 e. The Morgan fingerprint density at radius 3 is 1.52 bits per heavy atom. The quantitative estimate of drug-likeness (QED) is 0.483. The Balaban J connectivity index is 2.21. The van der Waals surface area contributed by atoms with Gasteiger partial charge in [0.2, 0.25) is 0 Å². The average Bonchev–Trinajstić information content (AvgIpc) is 2.84. The van der Waals surface area contributed by atoms with Crippen molar-refractivity contribution >= 4 is 0 Å². The molecule has 156 valence electrons. The van der Waals surface area contributed by atoms with Crippen LogP contribution in [0.15, 0.2) is 78.9 Å². The van der Waals surface area contributed by atoms with E-state index < -0.39 is 12.1 Å². The lowest BCUT2D eigenvalue weighted by Crippen LogP contribution is -2.34. The predicted molar refractivity (Wildman–Crippen MR) is 119 cm³/mol. The summed E-state index contributed by atoms with van der Waals surface area (Å²) in [7, 11) is 3.17. The molecule has 3 atom stereocenters. The molecule has 3 rings (SSSR count). The largest absolute Gasteiger partial charge is 0.496 e. The van der Waals surface area contributed by atoms with Gasteiger partial charge in [0.1, 0.15) is 23.6 Å². The lowest BCUT2D eigenvalue weighted by atomic mass is 9.94. The first-order valence-electron chi connectivity index (χ1n) is 10.0. The Morgan fingerprint density at radius 1 is 0.677 bits per heavy atom.